The highest BCUT2D eigenvalue weighted by Gasteiger charge is 2.23. The monoisotopic (exact) mass is 428 g/mol. The van der Waals surface area contributed by atoms with Gasteiger partial charge in [-0.15, -0.1) is 0 Å². The number of carbonyl (C=O) groups is 2. The zero-order valence-electron chi connectivity index (χ0n) is 18.2. The highest BCUT2D eigenvalue weighted by molar-refractivity contribution is 6.00. The first kappa shape index (κ1) is 21.3. The molecule has 6 nitrogen and oxygen atoms in total. The molecular weight excluding hydrogens is 404 g/mol. The minimum absolute atomic E-state index is 0.278. The maximum absolute atomic E-state index is 12.9. The van der Waals surface area contributed by atoms with Gasteiger partial charge in [-0.25, -0.2) is 9.78 Å². The average molecular weight is 428 g/mol. The summed E-state index contributed by atoms with van der Waals surface area (Å²) in [4.78, 5) is 29.9. The molecule has 0 saturated carbocycles. The molecule has 1 atom stereocenters. The minimum Gasteiger partial charge on any atom is -0.449 e. The molecular formula is C26H24N2O4. The number of ether oxygens (including phenoxy) is 1. The standard InChI is InChI=1S/C26H24N2O4/c1-16(2)18-12-14-19(15-13-18)27-24(29)17(3)31-26(30)21-9-5-4-8-20(21)25-28-22-10-6-7-11-23(22)32-25/h4-17H,1-3H3,(H,27,29). The molecule has 4 aromatic rings. The lowest BCUT2D eigenvalue weighted by molar-refractivity contribution is -0.123. The van der Waals surface area contributed by atoms with Crippen LogP contribution in [0.4, 0.5) is 5.69 Å². The van der Waals surface area contributed by atoms with Gasteiger partial charge in [0.2, 0.25) is 5.89 Å². The third-order valence-corrected chi connectivity index (χ3v) is 5.17. The van der Waals surface area contributed by atoms with Crippen LogP contribution in [0.3, 0.4) is 0 Å². The number of esters is 1. The molecule has 0 spiro atoms. The van der Waals surface area contributed by atoms with Gasteiger partial charge in [-0.1, -0.05) is 50.2 Å². The maximum atomic E-state index is 12.9. The van der Waals surface area contributed by atoms with E-state index in [1.165, 1.54) is 12.5 Å². The molecule has 0 bridgehead atoms. The van der Waals surface area contributed by atoms with Crippen molar-refractivity contribution in [2.45, 2.75) is 32.8 Å². The number of amides is 1. The van der Waals surface area contributed by atoms with Gasteiger partial charge in [-0.3, -0.25) is 4.79 Å². The number of anilines is 1. The van der Waals surface area contributed by atoms with Gasteiger partial charge in [0, 0.05) is 5.69 Å². The average Bonchev–Trinajstić information content (AvgIpc) is 3.23. The summed E-state index contributed by atoms with van der Waals surface area (Å²) in [5.74, 6) is -0.308. The van der Waals surface area contributed by atoms with Crippen molar-refractivity contribution in [3.63, 3.8) is 0 Å². The SMILES string of the molecule is CC(OC(=O)c1ccccc1-c1nc2ccccc2o1)C(=O)Nc1ccc(C(C)C)cc1. The van der Waals surface area contributed by atoms with Crippen molar-refractivity contribution in [3.8, 4) is 11.5 Å². The summed E-state index contributed by atoms with van der Waals surface area (Å²) in [6.07, 6.45) is -0.982. The second kappa shape index (κ2) is 9.06. The normalized spacial score (nSPS) is 12.0. The Morgan fingerprint density at radius 3 is 2.31 bits per heavy atom. The number of hydrogen-bond acceptors (Lipinski definition) is 5. The number of carbonyl (C=O) groups excluding carboxylic acids is 2. The zero-order chi connectivity index (χ0) is 22.7. The fourth-order valence-corrected chi connectivity index (χ4v) is 3.31. The Labute approximate surface area is 186 Å². The summed E-state index contributed by atoms with van der Waals surface area (Å²) in [7, 11) is 0. The van der Waals surface area contributed by atoms with Crippen LogP contribution < -0.4 is 5.32 Å². The van der Waals surface area contributed by atoms with E-state index < -0.39 is 18.0 Å². The largest absolute Gasteiger partial charge is 0.449 e. The molecule has 162 valence electrons. The van der Waals surface area contributed by atoms with Crippen molar-refractivity contribution < 1.29 is 18.7 Å². The molecule has 0 saturated heterocycles. The summed E-state index contributed by atoms with van der Waals surface area (Å²) in [6.45, 7) is 5.75. The van der Waals surface area contributed by atoms with E-state index in [0.29, 0.717) is 34.2 Å². The van der Waals surface area contributed by atoms with Crippen LogP contribution in [0.25, 0.3) is 22.6 Å². The van der Waals surface area contributed by atoms with Crippen LogP contribution >= 0.6 is 0 Å². The van der Waals surface area contributed by atoms with Gasteiger partial charge in [0.25, 0.3) is 5.91 Å². The summed E-state index contributed by atoms with van der Waals surface area (Å²) >= 11 is 0. The van der Waals surface area contributed by atoms with E-state index in [-0.39, 0.29) is 5.56 Å². The first-order valence-corrected chi connectivity index (χ1v) is 10.5. The number of nitrogens with zero attached hydrogens (tertiary/aromatic N) is 1. The number of fused-ring (bicyclic) bond motifs is 1. The Hall–Kier alpha value is -3.93. The van der Waals surface area contributed by atoms with Gasteiger partial charge in [-0.2, -0.15) is 0 Å². The second-order valence-electron chi connectivity index (χ2n) is 7.85. The number of oxazole rings is 1. The Morgan fingerprint density at radius 1 is 0.906 bits per heavy atom. The number of rotatable bonds is 6. The van der Waals surface area contributed by atoms with E-state index in [1.807, 2.05) is 48.5 Å². The Kier molecular flexibility index (Phi) is 6.03. The molecule has 0 aliphatic rings. The molecule has 1 heterocycles. The third-order valence-electron chi connectivity index (χ3n) is 5.17. The number of nitrogens with one attached hydrogen (secondary N) is 1. The second-order valence-corrected chi connectivity index (χ2v) is 7.85. The summed E-state index contributed by atoms with van der Waals surface area (Å²) in [6, 6.07) is 21.9. The molecule has 1 N–H and O–H groups in total. The molecule has 4 rings (SSSR count). The van der Waals surface area contributed by atoms with Crippen molar-refractivity contribution in [1.29, 1.82) is 0 Å². The number of hydrogen-bond donors (Lipinski definition) is 1. The molecule has 0 fully saturated rings. The molecule has 1 aromatic heterocycles. The summed E-state index contributed by atoms with van der Waals surface area (Å²) < 4.78 is 11.3. The van der Waals surface area contributed by atoms with E-state index in [1.54, 1.807) is 24.3 Å². The van der Waals surface area contributed by atoms with Crippen molar-refractivity contribution in [3.05, 3.63) is 83.9 Å². The van der Waals surface area contributed by atoms with Crippen LogP contribution in [-0.4, -0.2) is 23.0 Å². The lowest BCUT2D eigenvalue weighted by Gasteiger charge is -2.15. The van der Waals surface area contributed by atoms with Crippen LogP contribution in [0.15, 0.2) is 77.2 Å². The Bertz CT molecular complexity index is 1230. The van der Waals surface area contributed by atoms with E-state index in [9.17, 15) is 9.59 Å². The molecule has 32 heavy (non-hydrogen) atoms. The highest BCUT2D eigenvalue weighted by atomic mass is 16.5. The first-order chi connectivity index (χ1) is 15.4. The third kappa shape index (κ3) is 4.54. The molecule has 3 aromatic carbocycles. The van der Waals surface area contributed by atoms with Gasteiger partial charge >= 0.3 is 5.97 Å². The molecule has 6 heteroatoms. The zero-order valence-corrected chi connectivity index (χ0v) is 18.2. The Balaban J connectivity index is 1.48. The quantitative estimate of drug-likeness (QED) is 0.392. The van der Waals surface area contributed by atoms with E-state index >= 15 is 0 Å². The van der Waals surface area contributed by atoms with Crippen molar-refractivity contribution in [2.24, 2.45) is 0 Å². The lowest BCUT2D eigenvalue weighted by Crippen LogP contribution is -2.30. The Morgan fingerprint density at radius 2 is 1.59 bits per heavy atom. The van der Waals surface area contributed by atoms with Gasteiger partial charge in [0.1, 0.15) is 5.52 Å². The minimum atomic E-state index is -0.982. The van der Waals surface area contributed by atoms with Crippen molar-refractivity contribution in [2.75, 3.05) is 5.32 Å². The van der Waals surface area contributed by atoms with Crippen LogP contribution in [0.1, 0.15) is 42.6 Å². The summed E-state index contributed by atoms with van der Waals surface area (Å²) in [5, 5.41) is 2.78. The lowest BCUT2D eigenvalue weighted by atomic mass is 10.0. The van der Waals surface area contributed by atoms with E-state index in [2.05, 4.69) is 24.1 Å². The van der Waals surface area contributed by atoms with Crippen LogP contribution in [0.2, 0.25) is 0 Å². The molecule has 1 unspecified atom stereocenters. The van der Waals surface area contributed by atoms with Crippen LogP contribution in [0, 0.1) is 0 Å². The topological polar surface area (TPSA) is 81.4 Å². The number of para-hydroxylation sites is 2. The fraction of sp³-hybridized carbons (Fsp3) is 0.192. The van der Waals surface area contributed by atoms with Crippen LogP contribution in [0.5, 0.6) is 0 Å². The molecule has 1 amide bonds. The molecule has 0 aliphatic heterocycles. The predicted octanol–water partition coefficient (Wildman–Crippen LogP) is 5.80. The van der Waals surface area contributed by atoms with E-state index in [4.69, 9.17) is 9.15 Å². The molecule has 0 aliphatic carbocycles. The van der Waals surface area contributed by atoms with E-state index in [0.717, 1.165) is 0 Å². The van der Waals surface area contributed by atoms with Gasteiger partial charge in [0.05, 0.1) is 11.1 Å². The maximum Gasteiger partial charge on any atom is 0.339 e. The van der Waals surface area contributed by atoms with Crippen LogP contribution in [-0.2, 0) is 9.53 Å². The number of aromatic nitrogens is 1. The highest BCUT2D eigenvalue weighted by Crippen LogP contribution is 2.27. The summed E-state index contributed by atoms with van der Waals surface area (Å²) in [5.41, 5.74) is 3.93. The van der Waals surface area contributed by atoms with Gasteiger partial charge in [0.15, 0.2) is 11.7 Å². The smallest absolute Gasteiger partial charge is 0.339 e. The van der Waals surface area contributed by atoms with Gasteiger partial charge in [-0.05, 0) is 54.8 Å². The number of benzene rings is 3. The van der Waals surface area contributed by atoms with Crippen molar-refractivity contribution in [1.82, 2.24) is 4.98 Å². The first-order valence-electron chi connectivity index (χ1n) is 10.5. The fourth-order valence-electron chi connectivity index (χ4n) is 3.31. The molecule has 0 radical (unpaired) electrons. The predicted molar refractivity (Wildman–Crippen MR) is 123 cm³/mol. The van der Waals surface area contributed by atoms with Gasteiger partial charge < -0.3 is 14.5 Å². The van der Waals surface area contributed by atoms with Crippen molar-refractivity contribution >= 4 is 28.7 Å².